The van der Waals surface area contributed by atoms with Gasteiger partial charge in [-0.1, -0.05) is 18.2 Å². The average Bonchev–Trinajstić information content (AvgIpc) is 3.39. The molecule has 4 aromatic rings. The maximum absolute atomic E-state index is 15.5. The molecule has 1 atom stereocenters. The Labute approximate surface area is 248 Å². The number of nitrogens with one attached hydrogen (secondary N) is 1. The summed E-state index contributed by atoms with van der Waals surface area (Å²) in [6.45, 7) is 9.66. The molecule has 1 aliphatic rings. The summed E-state index contributed by atoms with van der Waals surface area (Å²) in [5.74, 6) is -1.37. The van der Waals surface area contributed by atoms with Crippen LogP contribution in [0.4, 0.5) is 4.39 Å². The number of hydrogen-bond acceptors (Lipinski definition) is 7. The molecular formula is C32H35FN4O6. The summed E-state index contributed by atoms with van der Waals surface area (Å²) in [7, 11) is 0. The summed E-state index contributed by atoms with van der Waals surface area (Å²) >= 11 is 0. The van der Waals surface area contributed by atoms with Crippen LogP contribution in [0.1, 0.15) is 66.2 Å². The number of aromatic nitrogens is 3. The molecule has 10 nitrogen and oxygen atoms in total. The van der Waals surface area contributed by atoms with Crippen molar-refractivity contribution in [3.63, 3.8) is 0 Å². The third-order valence-electron chi connectivity index (χ3n) is 7.11. The van der Waals surface area contributed by atoms with Crippen LogP contribution in [-0.2, 0) is 16.0 Å². The minimum atomic E-state index is -1.45. The van der Waals surface area contributed by atoms with E-state index >= 15 is 4.39 Å². The Morgan fingerprint density at radius 3 is 2.63 bits per heavy atom. The molecular weight excluding hydrogens is 555 g/mol. The number of para-hydroxylation sites is 1. The summed E-state index contributed by atoms with van der Waals surface area (Å²) in [5.41, 5.74) is 2.26. The largest absolute Gasteiger partial charge is 0.492 e. The van der Waals surface area contributed by atoms with Crippen LogP contribution in [0.5, 0.6) is 11.5 Å². The zero-order valence-electron chi connectivity index (χ0n) is 24.9. The number of aryl methyl sites for hydroxylation is 1. The molecule has 226 valence electrons. The number of halogens is 1. The lowest BCUT2D eigenvalue weighted by Gasteiger charge is -2.28. The third-order valence-corrected chi connectivity index (χ3v) is 7.11. The average molecular weight is 591 g/mol. The second-order valence-electron chi connectivity index (χ2n) is 11.4. The van der Waals surface area contributed by atoms with Crippen LogP contribution in [0, 0.1) is 19.7 Å². The molecule has 0 saturated heterocycles. The van der Waals surface area contributed by atoms with Gasteiger partial charge in [-0.15, -0.1) is 0 Å². The smallest absolute Gasteiger partial charge is 0.337 e. The van der Waals surface area contributed by atoms with E-state index in [2.05, 4.69) is 15.4 Å². The molecule has 1 amide bonds. The number of nitrogens with zero attached hydrogens (tertiary/aromatic N) is 3. The van der Waals surface area contributed by atoms with E-state index < -0.39 is 29.4 Å². The van der Waals surface area contributed by atoms with Crippen molar-refractivity contribution in [1.82, 2.24) is 19.9 Å². The topological polar surface area (TPSA) is 124 Å². The van der Waals surface area contributed by atoms with Gasteiger partial charge in [0.05, 0.1) is 24.4 Å². The van der Waals surface area contributed by atoms with Gasteiger partial charge in [0.25, 0.3) is 5.91 Å². The molecule has 5 rings (SSSR count). The van der Waals surface area contributed by atoms with Crippen LogP contribution < -0.4 is 14.8 Å². The van der Waals surface area contributed by atoms with Gasteiger partial charge < -0.3 is 24.6 Å². The predicted octanol–water partition coefficient (Wildman–Crippen LogP) is 5.23. The van der Waals surface area contributed by atoms with Gasteiger partial charge >= 0.3 is 5.97 Å². The fraction of sp³-hybridized carbons (Fsp3) is 0.375. The molecule has 1 aliphatic heterocycles. The van der Waals surface area contributed by atoms with Crippen LogP contribution in [0.15, 0.2) is 42.5 Å². The molecule has 0 aliphatic carbocycles. The van der Waals surface area contributed by atoms with Crippen molar-refractivity contribution in [2.45, 2.75) is 59.2 Å². The molecule has 0 bridgehead atoms. The first-order chi connectivity index (χ1) is 20.4. The zero-order valence-corrected chi connectivity index (χ0v) is 24.9. The number of benzene rings is 2. The molecule has 2 aromatic carbocycles. The summed E-state index contributed by atoms with van der Waals surface area (Å²) in [4.78, 5) is 30.4. The predicted molar refractivity (Wildman–Crippen MR) is 157 cm³/mol. The van der Waals surface area contributed by atoms with E-state index in [1.807, 2.05) is 37.3 Å². The van der Waals surface area contributed by atoms with Gasteiger partial charge in [-0.2, -0.15) is 5.10 Å². The van der Waals surface area contributed by atoms with Crippen molar-refractivity contribution in [2.24, 2.45) is 0 Å². The number of carboxylic acids is 1. The Morgan fingerprint density at radius 2 is 1.93 bits per heavy atom. The van der Waals surface area contributed by atoms with E-state index in [1.54, 1.807) is 27.7 Å². The van der Waals surface area contributed by atoms with Gasteiger partial charge in [0.15, 0.2) is 29.0 Å². The normalized spacial score (nSPS) is 13.7. The van der Waals surface area contributed by atoms with E-state index in [0.717, 1.165) is 12.0 Å². The number of ether oxygens (including phenoxy) is 3. The minimum Gasteiger partial charge on any atom is -0.492 e. The highest BCUT2D eigenvalue weighted by molar-refractivity contribution is 5.93. The van der Waals surface area contributed by atoms with Gasteiger partial charge in [0.2, 0.25) is 0 Å². The van der Waals surface area contributed by atoms with E-state index in [-0.39, 0.29) is 35.9 Å². The molecule has 0 radical (unpaired) electrons. The molecule has 0 fully saturated rings. The zero-order chi connectivity index (χ0) is 30.9. The van der Waals surface area contributed by atoms with Crippen molar-refractivity contribution < 1.29 is 33.3 Å². The second kappa shape index (κ2) is 12.0. The van der Waals surface area contributed by atoms with Crippen LogP contribution in [0.3, 0.4) is 0 Å². The lowest BCUT2D eigenvalue weighted by Crippen LogP contribution is -2.29. The number of hydrogen-bond donors (Lipinski definition) is 2. The lowest BCUT2D eigenvalue weighted by molar-refractivity contribution is -0.160. The van der Waals surface area contributed by atoms with Crippen LogP contribution >= 0.6 is 0 Å². The highest BCUT2D eigenvalue weighted by Crippen LogP contribution is 2.41. The summed E-state index contributed by atoms with van der Waals surface area (Å²) in [6, 6.07) is 12.1. The first-order valence-electron chi connectivity index (χ1n) is 14.2. The second-order valence-corrected chi connectivity index (χ2v) is 11.4. The van der Waals surface area contributed by atoms with Crippen molar-refractivity contribution >= 4 is 17.5 Å². The Morgan fingerprint density at radius 1 is 1.19 bits per heavy atom. The van der Waals surface area contributed by atoms with Crippen LogP contribution in [0.2, 0.25) is 0 Å². The summed E-state index contributed by atoms with van der Waals surface area (Å²) in [6.07, 6.45) is -0.120. The number of fused-ring (bicyclic) bond motifs is 2. The molecule has 0 unspecified atom stereocenters. The number of carbonyl (C=O) groups excluding carboxylic acids is 1. The molecule has 0 saturated carbocycles. The van der Waals surface area contributed by atoms with Gasteiger partial charge in [-0.25, -0.2) is 18.7 Å². The fourth-order valence-electron chi connectivity index (χ4n) is 5.25. The maximum Gasteiger partial charge on any atom is 0.337 e. The van der Waals surface area contributed by atoms with Gasteiger partial charge in [-0.3, -0.25) is 4.79 Å². The number of carboxylic acid groups (broad SMARTS) is 1. The highest BCUT2D eigenvalue weighted by Gasteiger charge is 2.34. The fourth-order valence-corrected chi connectivity index (χ4v) is 5.25. The molecule has 2 aromatic heterocycles. The quantitative estimate of drug-likeness (QED) is 0.254. The van der Waals surface area contributed by atoms with E-state index in [4.69, 9.17) is 14.2 Å². The number of aliphatic carboxylic acids is 1. The maximum atomic E-state index is 15.5. The van der Waals surface area contributed by atoms with E-state index in [0.29, 0.717) is 41.2 Å². The Balaban J connectivity index is 1.61. The van der Waals surface area contributed by atoms with Crippen molar-refractivity contribution in [3.05, 3.63) is 76.4 Å². The van der Waals surface area contributed by atoms with Gasteiger partial charge in [0, 0.05) is 28.5 Å². The molecule has 0 spiro atoms. The first-order valence-corrected chi connectivity index (χ1v) is 14.2. The summed E-state index contributed by atoms with van der Waals surface area (Å²) in [5, 5.41) is 17.7. The highest BCUT2D eigenvalue weighted by atomic mass is 19.1. The van der Waals surface area contributed by atoms with Crippen molar-refractivity contribution in [1.29, 1.82) is 0 Å². The minimum absolute atomic E-state index is 0.0630. The van der Waals surface area contributed by atoms with Gasteiger partial charge in [-0.05, 0) is 71.2 Å². The van der Waals surface area contributed by atoms with E-state index in [9.17, 15) is 14.7 Å². The third kappa shape index (κ3) is 6.31. The van der Waals surface area contributed by atoms with E-state index in [1.165, 1.54) is 16.6 Å². The molecule has 3 heterocycles. The SMILES string of the molecule is Cc1nc2cc(C(=O)NCCOc3ccccc3)nn2c(-c2cc(F)c3c(c2C)CCCO3)c1[C@H](OC(C)(C)C)C(=O)O. The molecule has 2 N–H and O–H groups in total. The van der Waals surface area contributed by atoms with Crippen LogP contribution in [-0.4, -0.2) is 56.9 Å². The van der Waals surface area contributed by atoms with Crippen molar-refractivity contribution in [3.8, 4) is 22.8 Å². The molecule has 43 heavy (non-hydrogen) atoms. The van der Waals surface area contributed by atoms with Gasteiger partial charge in [0.1, 0.15) is 12.4 Å². The Hall–Kier alpha value is -4.51. The van der Waals surface area contributed by atoms with Crippen LogP contribution in [0.25, 0.3) is 16.9 Å². The summed E-state index contributed by atoms with van der Waals surface area (Å²) < 4.78 is 34.2. The first kappa shape index (κ1) is 30.0. The number of carbonyl (C=O) groups is 2. The Kier molecular flexibility index (Phi) is 8.36. The molecule has 11 heteroatoms. The number of rotatable bonds is 9. The Bertz CT molecular complexity index is 1680. The monoisotopic (exact) mass is 590 g/mol. The van der Waals surface area contributed by atoms with Crippen molar-refractivity contribution in [2.75, 3.05) is 19.8 Å². The number of amides is 1. The standard InChI is InChI=1S/C32H35FN4O6/c1-18-21-12-9-14-42-28(21)23(33)16-22(18)27-26(29(31(39)40)43-32(3,4)5)19(2)35-25-17-24(36-37(25)27)30(38)34-13-15-41-20-10-7-6-8-11-20/h6-8,10-11,16-17,29H,9,12-15H2,1-5H3,(H,34,38)(H,39,40)/t29-/m0/s1. The lowest BCUT2D eigenvalue weighted by atomic mass is 9.91.